The van der Waals surface area contributed by atoms with Crippen LogP contribution in [0.15, 0.2) is 11.8 Å². The van der Waals surface area contributed by atoms with Gasteiger partial charge in [-0.15, -0.1) is 0 Å². The quantitative estimate of drug-likeness (QED) is 0.533. The largest absolute Gasteiger partial charge is 0.510 e. The third-order valence-corrected chi connectivity index (χ3v) is 3.18. The maximum absolute atomic E-state index is 11.5. The average molecular weight is 183 g/mol. The van der Waals surface area contributed by atoms with E-state index >= 15 is 0 Å². The van der Waals surface area contributed by atoms with Gasteiger partial charge in [0.05, 0.1) is 5.41 Å². The van der Waals surface area contributed by atoms with E-state index in [1.54, 1.807) is 13.1 Å². The van der Waals surface area contributed by atoms with Crippen LogP contribution in [0.25, 0.3) is 0 Å². The topological polar surface area (TPSA) is 69.6 Å². The van der Waals surface area contributed by atoms with Crippen LogP contribution in [0.2, 0.25) is 0 Å². The normalized spacial score (nSPS) is 41.8. The van der Waals surface area contributed by atoms with Crippen LogP contribution in [0, 0.1) is 11.3 Å². The lowest BCUT2D eigenvalue weighted by atomic mass is 9.88. The molecule has 2 aliphatic carbocycles. The molecule has 72 valence electrons. The minimum absolute atomic E-state index is 0.0580. The Morgan fingerprint density at radius 1 is 1.77 bits per heavy atom. The van der Waals surface area contributed by atoms with Crippen LogP contribution < -0.4 is 5.32 Å². The Kier molecular flexibility index (Phi) is 1.63. The van der Waals surface area contributed by atoms with Crippen molar-refractivity contribution in [3.8, 4) is 0 Å². The molecule has 4 nitrogen and oxygen atoms in total. The van der Waals surface area contributed by atoms with E-state index in [-0.39, 0.29) is 17.6 Å². The standard InChI is InChI=1S/C9H13NO3/c1-10-8(13)9-4-5(9)2-3-6(11)7(9)12/h3,5,7,11-12H,2,4H2,1H3,(H,10,13)/t5?,7-,9?/m0/s1. The maximum Gasteiger partial charge on any atom is 0.229 e. The third-order valence-electron chi connectivity index (χ3n) is 3.18. The molecule has 1 amide bonds. The second kappa shape index (κ2) is 2.48. The predicted molar refractivity (Wildman–Crippen MR) is 45.9 cm³/mol. The van der Waals surface area contributed by atoms with E-state index in [0.717, 1.165) is 0 Å². The second-order valence-electron chi connectivity index (χ2n) is 3.79. The highest BCUT2D eigenvalue weighted by molar-refractivity contribution is 5.87. The zero-order chi connectivity index (χ0) is 9.64. The van der Waals surface area contributed by atoms with E-state index in [0.29, 0.717) is 12.8 Å². The first-order chi connectivity index (χ1) is 6.13. The lowest BCUT2D eigenvalue weighted by Crippen LogP contribution is -2.41. The van der Waals surface area contributed by atoms with Crippen LogP contribution in [-0.4, -0.2) is 29.3 Å². The zero-order valence-electron chi connectivity index (χ0n) is 7.45. The van der Waals surface area contributed by atoms with Crippen molar-refractivity contribution in [3.05, 3.63) is 11.8 Å². The molecule has 2 rings (SSSR count). The van der Waals surface area contributed by atoms with E-state index in [4.69, 9.17) is 0 Å². The van der Waals surface area contributed by atoms with E-state index in [9.17, 15) is 15.0 Å². The molecular formula is C9H13NO3. The minimum Gasteiger partial charge on any atom is -0.510 e. The number of nitrogens with one attached hydrogen (secondary N) is 1. The van der Waals surface area contributed by atoms with Gasteiger partial charge in [0, 0.05) is 7.05 Å². The van der Waals surface area contributed by atoms with Crippen LogP contribution in [0.4, 0.5) is 0 Å². The molecule has 13 heavy (non-hydrogen) atoms. The number of allylic oxidation sites excluding steroid dienone is 1. The highest BCUT2D eigenvalue weighted by Crippen LogP contribution is 2.60. The monoisotopic (exact) mass is 183 g/mol. The molecule has 2 aliphatic rings. The molecule has 1 fully saturated rings. The van der Waals surface area contributed by atoms with Gasteiger partial charge in [0.15, 0.2) is 0 Å². The van der Waals surface area contributed by atoms with Gasteiger partial charge in [-0.2, -0.15) is 0 Å². The number of fused-ring (bicyclic) bond motifs is 1. The Bertz CT molecular complexity index is 287. The average Bonchev–Trinajstić information content (AvgIpc) is 2.87. The van der Waals surface area contributed by atoms with Gasteiger partial charge >= 0.3 is 0 Å². The third kappa shape index (κ3) is 0.920. The summed E-state index contributed by atoms with van der Waals surface area (Å²) in [6, 6.07) is 0. The molecule has 0 aromatic heterocycles. The van der Waals surface area contributed by atoms with Crippen molar-refractivity contribution < 1.29 is 15.0 Å². The van der Waals surface area contributed by atoms with Crippen LogP contribution in [0.1, 0.15) is 12.8 Å². The number of aliphatic hydroxyl groups excluding tert-OH is 2. The van der Waals surface area contributed by atoms with E-state index in [2.05, 4.69) is 5.32 Å². The summed E-state index contributed by atoms with van der Waals surface area (Å²) in [5.74, 6) is -0.0136. The minimum atomic E-state index is -1.01. The molecule has 3 N–H and O–H groups in total. The van der Waals surface area contributed by atoms with Crippen molar-refractivity contribution in [1.29, 1.82) is 0 Å². The fourth-order valence-corrected chi connectivity index (χ4v) is 2.25. The fraction of sp³-hybridized carbons (Fsp3) is 0.667. The first-order valence-electron chi connectivity index (χ1n) is 4.42. The first-order valence-corrected chi connectivity index (χ1v) is 4.42. The Labute approximate surface area is 76.3 Å². The SMILES string of the molecule is CNC(=O)C12CC1CC=C(O)[C@@H]2O. The lowest BCUT2D eigenvalue weighted by Gasteiger charge is -2.24. The van der Waals surface area contributed by atoms with Crippen molar-refractivity contribution in [2.75, 3.05) is 7.05 Å². The Morgan fingerprint density at radius 2 is 2.46 bits per heavy atom. The highest BCUT2D eigenvalue weighted by atomic mass is 16.3. The van der Waals surface area contributed by atoms with E-state index < -0.39 is 11.5 Å². The van der Waals surface area contributed by atoms with Crippen molar-refractivity contribution >= 4 is 5.91 Å². The molecule has 0 heterocycles. The zero-order valence-corrected chi connectivity index (χ0v) is 7.45. The lowest BCUT2D eigenvalue weighted by molar-refractivity contribution is -0.131. The van der Waals surface area contributed by atoms with Crippen molar-refractivity contribution in [2.24, 2.45) is 11.3 Å². The van der Waals surface area contributed by atoms with Crippen LogP contribution in [-0.2, 0) is 4.79 Å². The smallest absolute Gasteiger partial charge is 0.229 e. The summed E-state index contributed by atoms with van der Waals surface area (Å²) in [6.45, 7) is 0. The molecule has 0 aliphatic heterocycles. The number of aliphatic hydroxyl groups is 2. The van der Waals surface area contributed by atoms with Gasteiger partial charge in [0.25, 0.3) is 0 Å². The molecule has 0 aromatic carbocycles. The van der Waals surface area contributed by atoms with Gasteiger partial charge in [-0.1, -0.05) is 0 Å². The summed E-state index contributed by atoms with van der Waals surface area (Å²) in [4.78, 5) is 11.5. The van der Waals surface area contributed by atoms with E-state index in [1.807, 2.05) is 0 Å². The molecular weight excluding hydrogens is 170 g/mol. The van der Waals surface area contributed by atoms with Crippen molar-refractivity contribution in [3.63, 3.8) is 0 Å². The first kappa shape index (κ1) is 8.56. The van der Waals surface area contributed by atoms with Crippen molar-refractivity contribution in [2.45, 2.75) is 18.9 Å². The fourth-order valence-electron chi connectivity index (χ4n) is 2.25. The van der Waals surface area contributed by atoms with Gasteiger partial charge in [0.2, 0.25) is 5.91 Å². The molecule has 0 radical (unpaired) electrons. The molecule has 3 atom stereocenters. The van der Waals surface area contributed by atoms with Gasteiger partial charge in [-0.3, -0.25) is 4.79 Å². The second-order valence-corrected chi connectivity index (χ2v) is 3.79. The summed E-state index contributed by atoms with van der Waals surface area (Å²) in [6.07, 6.45) is 1.96. The predicted octanol–water partition coefficient (Wildman–Crippen LogP) is -0.0548. The highest BCUT2D eigenvalue weighted by Gasteiger charge is 2.66. The van der Waals surface area contributed by atoms with Gasteiger partial charge in [0.1, 0.15) is 11.9 Å². The summed E-state index contributed by atoms with van der Waals surface area (Å²) in [7, 11) is 1.55. The summed E-state index contributed by atoms with van der Waals surface area (Å²) < 4.78 is 0. The number of amides is 1. The van der Waals surface area contributed by atoms with Crippen LogP contribution >= 0.6 is 0 Å². The Balaban J connectivity index is 2.27. The summed E-state index contributed by atoms with van der Waals surface area (Å²) >= 11 is 0. The number of hydrogen-bond acceptors (Lipinski definition) is 3. The van der Waals surface area contributed by atoms with Gasteiger partial charge in [-0.05, 0) is 24.8 Å². The molecule has 2 unspecified atom stereocenters. The number of carbonyl (C=O) groups is 1. The maximum atomic E-state index is 11.5. The van der Waals surface area contributed by atoms with Crippen molar-refractivity contribution in [1.82, 2.24) is 5.32 Å². The Hall–Kier alpha value is -1.03. The van der Waals surface area contributed by atoms with Crippen LogP contribution in [0.5, 0.6) is 0 Å². The van der Waals surface area contributed by atoms with Gasteiger partial charge in [-0.25, -0.2) is 0 Å². The van der Waals surface area contributed by atoms with Crippen LogP contribution in [0.3, 0.4) is 0 Å². The summed E-state index contributed by atoms with van der Waals surface area (Å²) in [5.41, 5.74) is -0.729. The number of rotatable bonds is 1. The molecule has 0 aromatic rings. The molecule has 0 bridgehead atoms. The summed E-state index contributed by atoms with van der Waals surface area (Å²) in [5, 5.41) is 21.5. The number of carbonyl (C=O) groups excluding carboxylic acids is 1. The molecule has 0 saturated heterocycles. The van der Waals surface area contributed by atoms with Gasteiger partial charge < -0.3 is 15.5 Å². The molecule has 4 heteroatoms. The van der Waals surface area contributed by atoms with E-state index in [1.165, 1.54) is 0 Å². The molecule has 1 saturated carbocycles. The molecule has 0 spiro atoms. The number of hydrogen-bond donors (Lipinski definition) is 3. The Morgan fingerprint density at radius 3 is 3.08 bits per heavy atom.